The van der Waals surface area contributed by atoms with Gasteiger partial charge in [-0.2, -0.15) is 0 Å². The Labute approximate surface area is 149 Å². The molecule has 0 aliphatic carbocycles. The second-order valence-corrected chi connectivity index (χ2v) is 6.63. The van der Waals surface area contributed by atoms with Gasteiger partial charge < -0.3 is 4.74 Å². The summed E-state index contributed by atoms with van der Waals surface area (Å²) in [7, 11) is 0. The molecule has 0 aliphatic rings. The number of anilines is 1. The summed E-state index contributed by atoms with van der Waals surface area (Å²) in [5.74, 6) is 0.509. The standard InChI is InChI=1S/C17H18N4O3S/c1-10(2)14-9-25-17(18-14)19-16(22)12-6-4-5-7-15(12)23-8-13-11(3)20-24-21-13/h4-7,9-10H,8H2,1-3H3,(H,18,19,22). The van der Waals surface area contributed by atoms with Crippen LogP contribution in [-0.4, -0.2) is 21.2 Å². The summed E-state index contributed by atoms with van der Waals surface area (Å²) in [5, 5.41) is 12.8. The molecule has 0 bridgehead atoms. The van der Waals surface area contributed by atoms with Crippen LogP contribution in [0.25, 0.3) is 0 Å². The normalized spacial score (nSPS) is 10.9. The maximum absolute atomic E-state index is 12.6. The summed E-state index contributed by atoms with van der Waals surface area (Å²) in [5.41, 5.74) is 2.64. The average Bonchev–Trinajstić information content (AvgIpc) is 3.22. The molecule has 8 heteroatoms. The number of amides is 1. The molecule has 3 aromatic rings. The monoisotopic (exact) mass is 358 g/mol. The fourth-order valence-electron chi connectivity index (χ4n) is 2.08. The molecule has 2 aromatic heterocycles. The van der Waals surface area contributed by atoms with Crippen molar-refractivity contribution in [2.45, 2.75) is 33.3 Å². The smallest absolute Gasteiger partial charge is 0.261 e. The maximum Gasteiger partial charge on any atom is 0.261 e. The highest BCUT2D eigenvalue weighted by atomic mass is 32.1. The number of benzene rings is 1. The van der Waals surface area contributed by atoms with Gasteiger partial charge in [-0.3, -0.25) is 10.1 Å². The molecule has 25 heavy (non-hydrogen) atoms. The van der Waals surface area contributed by atoms with Crippen LogP contribution in [0.5, 0.6) is 5.75 Å². The Morgan fingerprint density at radius 2 is 2.12 bits per heavy atom. The van der Waals surface area contributed by atoms with Gasteiger partial charge in [-0.25, -0.2) is 9.61 Å². The van der Waals surface area contributed by atoms with E-state index in [-0.39, 0.29) is 12.5 Å². The second kappa shape index (κ2) is 7.43. The minimum Gasteiger partial charge on any atom is -0.486 e. The number of aromatic nitrogens is 3. The van der Waals surface area contributed by atoms with Crippen LogP contribution in [-0.2, 0) is 6.61 Å². The molecule has 7 nitrogen and oxygen atoms in total. The van der Waals surface area contributed by atoms with Gasteiger partial charge in [-0.15, -0.1) is 11.3 Å². The fourth-order valence-corrected chi connectivity index (χ4v) is 2.95. The molecule has 0 aliphatic heterocycles. The molecule has 0 atom stereocenters. The summed E-state index contributed by atoms with van der Waals surface area (Å²) >= 11 is 1.41. The number of nitrogens with one attached hydrogen (secondary N) is 1. The summed E-state index contributed by atoms with van der Waals surface area (Å²) in [4.78, 5) is 17.0. The van der Waals surface area contributed by atoms with Crippen LogP contribution in [0.4, 0.5) is 5.13 Å². The van der Waals surface area contributed by atoms with Crippen LogP contribution in [0, 0.1) is 6.92 Å². The molecule has 1 amide bonds. The highest BCUT2D eigenvalue weighted by Gasteiger charge is 2.16. The van der Waals surface area contributed by atoms with E-state index in [1.165, 1.54) is 11.3 Å². The van der Waals surface area contributed by atoms with Crippen LogP contribution in [0.2, 0.25) is 0 Å². The van der Waals surface area contributed by atoms with Crippen LogP contribution >= 0.6 is 11.3 Å². The van der Waals surface area contributed by atoms with E-state index < -0.39 is 0 Å². The molecule has 1 aromatic carbocycles. The Kier molecular flexibility index (Phi) is 5.08. The first kappa shape index (κ1) is 17.1. The van der Waals surface area contributed by atoms with Crippen molar-refractivity contribution in [3.8, 4) is 5.75 Å². The SMILES string of the molecule is Cc1nonc1COc1ccccc1C(=O)Nc1nc(C(C)C)cs1. The molecule has 0 spiro atoms. The zero-order chi connectivity index (χ0) is 17.8. The van der Waals surface area contributed by atoms with Gasteiger partial charge in [-0.05, 0) is 25.0 Å². The number of ether oxygens (including phenoxy) is 1. The van der Waals surface area contributed by atoms with Gasteiger partial charge in [-0.1, -0.05) is 36.3 Å². The van der Waals surface area contributed by atoms with E-state index in [2.05, 4.69) is 39.1 Å². The lowest BCUT2D eigenvalue weighted by Crippen LogP contribution is -2.13. The molecule has 0 radical (unpaired) electrons. The molecule has 0 fully saturated rings. The van der Waals surface area contributed by atoms with Gasteiger partial charge >= 0.3 is 0 Å². The maximum atomic E-state index is 12.6. The molecule has 0 unspecified atom stereocenters. The summed E-state index contributed by atoms with van der Waals surface area (Å²) in [6.45, 7) is 6.08. The van der Waals surface area contributed by atoms with Gasteiger partial charge in [0, 0.05) is 5.38 Å². The molecule has 0 saturated heterocycles. The van der Waals surface area contributed by atoms with Gasteiger partial charge in [0.1, 0.15) is 23.7 Å². The van der Waals surface area contributed by atoms with Crippen molar-refractivity contribution in [3.63, 3.8) is 0 Å². The zero-order valence-corrected chi connectivity index (χ0v) is 15.0. The number of rotatable bonds is 6. The number of thiazole rings is 1. The van der Waals surface area contributed by atoms with Crippen LogP contribution in [0.1, 0.15) is 47.2 Å². The minimum absolute atomic E-state index is 0.175. The van der Waals surface area contributed by atoms with Crippen molar-refractivity contribution >= 4 is 22.4 Å². The number of aryl methyl sites for hydroxylation is 1. The molecule has 1 N–H and O–H groups in total. The largest absolute Gasteiger partial charge is 0.486 e. The van der Waals surface area contributed by atoms with E-state index in [1.807, 2.05) is 5.38 Å². The molecule has 3 rings (SSSR count). The van der Waals surface area contributed by atoms with Gasteiger partial charge in [0.25, 0.3) is 5.91 Å². The van der Waals surface area contributed by atoms with Gasteiger partial charge in [0.15, 0.2) is 5.13 Å². The summed E-state index contributed by atoms with van der Waals surface area (Å²) < 4.78 is 10.4. The zero-order valence-electron chi connectivity index (χ0n) is 14.1. The molecule has 2 heterocycles. The summed E-state index contributed by atoms with van der Waals surface area (Å²) in [6, 6.07) is 7.03. The fraction of sp³-hybridized carbons (Fsp3) is 0.294. The van der Waals surface area contributed by atoms with Gasteiger partial charge in [0.2, 0.25) is 0 Å². The Bertz CT molecular complexity index is 872. The third-order valence-corrected chi connectivity index (χ3v) is 4.35. The van der Waals surface area contributed by atoms with E-state index in [4.69, 9.17) is 4.74 Å². The van der Waals surface area contributed by atoms with Crippen molar-refractivity contribution in [2.75, 3.05) is 5.32 Å². The summed E-state index contributed by atoms with van der Waals surface area (Å²) in [6.07, 6.45) is 0. The van der Waals surface area contributed by atoms with E-state index in [9.17, 15) is 4.79 Å². The Morgan fingerprint density at radius 1 is 1.32 bits per heavy atom. The van der Waals surface area contributed by atoms with Crippen molar-refractivity contribution in [2.24, 2.45) is 0 Å². The van der Waals surface area contributed by atoms with Crippen molar-refractivity contribution < 1.29 is 14.2 Å². The highest BCUT2D eigenvalue weighted by Crippen LogP contribution is 2.24. The molecular weight excluding hydrogens is 340 g/mol. The number of carbonyl (C=O) groups excluding carboxylic acids is 1. The first-order chi connectivity index (χ1) is 12.0. The predicted molar refractivity (Wildman–Crippen MR) is 94.0 cm³/mol. The van der Waals surface area contributed by atoms with E-state index in [0.717, 1.165) is 5.69 Å². The quantitative estimate of drug-likeness (QED) is 0.721. The number of hydrogen-bond donors (Lipinski definition) is 1. The Balaban J connectivity index is 1.72. The lowest BCUT2D eigenvalue weighted by atomic mass is 10.2. The molecule has 0 saturated carbocycles. The van der Waals surface area contributed by atoms with Crippen molar-refractivity contribution in [3.05, 3.63) is 52.3 Å². The molecule has 130 valence electrons. The van der Waals surface area contributed by atoms with Crippen LogP contribution in [0.3, 0.4) is 0 Å². The van der Waals surface area contributed by atoms with E-state index in [1.54, 1.807) is 31.2 Å². The van der Waals surface area contributed by atoms with Crippen LogP contribution < -0.4 is 10.1 Å². The van der Waals surface area contributed by atoms with Crippen molar-refractivity contribution in [1.29, 1.82) is 0 Å². The van der Waals surface area contributed by atoms with Crippen molar-refractivity contribution in [1.82, 2.24) is 15.3 Å². The van der Waals surface area contributed by atoms with E-state index >= 15 is 0 Å². The average molecular weight is 358 g/mol. The topological polar surface area (TPSA) is 90.1 Å². The number of nitrogens with zero attached hydrogens (tertiary/aromatic N) is 3. The number of hydrogen-bond acceptors (Lipinski definition) is 7. The Hall–Kier alpha value is -2.74. The first-order valence-corrected chi connectivity index (χ1v) is 8.69. The van der Waals surface area contributed by atoms with Crippen LogP contribution in [0.15, 0.2) is 34.3 Å². The van der Waals surface area contributed by atoms with Gasteiger partial charge in [0.05, 0.1) is 11.3 Å². The predicted octanol–water partition coefficient (Wildman–Crippen LogP) is 3.79. The second-order valence-electron chi connectivity index (χ2n) is 5.77. The third kappa shape index (κ3) is 4.03. The molecular formula is C17H18N4O3S. The number of carbonyl (C=O) groups is 1. The lowest BCUT2D eigenvalue weighted by molar-refractivity contribution is 0.102. The minimum atomic E-state index is -0.268. The van der Waals surface area contributed by atoms with E-state index in [0.29, 0.717) is 33.8 Å². The highest BCUT2D eigenvalue weighted by molar-refractivity contribution is 7.14. The first-order valence-electron chi connectivity index (χ1n) is 7.81. The number of para-hydroxylation sites is 1. The Morgan fingerprint density at radius 3 is 2.80 bits per heavy atom. The third-order valence-electron chi connectivity index (χ3n) is 3.58. The lowest BCUT2D eigenvalue weighted by Gasteiger charge is -2.10.